The van der Waals surface area contributed by atoms with E-state index < -0.39 is 12.1 Å². The number of hydrogen-bond acceptors (Lipinski definition) is 4. The molecule has 0 saturated carbocycles. The molecule has 0 aliphatic heterocycles. The number of nitrogens with one attached hydrogen (secondary N) is 2. The van der Waals surface area contributed by atoms with Gasteiger partial charge in [0.25, 0.3) is 0 Å². The van der Waals surface area contributed by atoms with Gasteiger partial charge in [-0.25, -0.2) is 4.79 Å². The van der Waals surface area contributed by atoms with E-state index in [4.69, 9.17) is 4.74 Å². The van der Waals surface area contributed by atoms with Crippen LogP contribution in [0, 0.1) is 0 Å². The normalized spacial score (nSPS) is 12.1. The predicted octanol–water partition coefficient (Wildman–Crippen LogP) is 3.13. The summed E-state index contributed by atoms with van der Waals surface area (Å²) in [4.78, 5) is 41.6. The second-order valence-electron chi connectivity index (χ2n) is 5.52. The molecule has 2 N–H and O–H groups in total. The van der Waals surface area contributed by atoms with Gasteiger partial charge in [-0.05, 0) is 26.0 Å². The van der Waals surface area contributed by atoms with E-state index in [2.05, 4.69) is 9.97 Å². The number of carbonyl (C=O) groups excluding carboxylic acids is 3. The molecular weight excluding hydrogens is 308 g/mol. The lowest BCUT2D eigenvalue weighted by atomic mass is 10.1. The van der Waals surface area contributed by atoms with E-state index in [9.17, 15) is 14.4 Å². The van der Waals surface area contributed by atoms with Gasteiger partial charge in [-0.15, -0.1) is 0 Å². The molecule has 6 heteroatoms. The Balaban J connectivity index is 1.76. The van der Waals surface area contributed by atoms with Crippen LogP contribution < -0.4 is 0 Å². The molecule has 6 nitrogen and oxygen atoms in total. The van der Waals surface area contributed by atoms with Crippen LogP contribution in [0.15, 0.2) is 42.7 Å². The number of Topliss-reactive ketones (excluding diaryl/α,β-unsaturated/α-hetero) is 2. The molecule has 3 rings (SSSR count). The van der Waals surface area contributed by atoms with Crippen molar-refractivity contribution in [1.82, 2.24) is 9.97 Å². The Labute approximate surface area is 137 Å². The Morgan fingerprint density at radius 2 is 1.83 bits per heavy atom. The zero-order valence-corrected chi connectivity index (χ0v) is 13.3. The van der Waals surface area contributed by atoms with Crippen molar-refractivity contribution in [1.29, 1.82) is 0 Å². The third-order valence-corrected chi connectivity index (χ3v) is 3.82. The van der Waals surface area contributed by atoms with Crippen molar-refractivity contribution in [3.63, 3.8) is 0 Å². The van der Waals surface area contributed by atoms with Crippen LogP contribution in [0.3, 0.4) is 0 Å². The molecule has 3 aromatic rings. The summed E-state index contributed by atoms with van der Waals surface area (Å²) >= 11 is 0. The Morgan fingerprint density at radius 1 is 1.08 bits per heavy atom. The minimum absolute atomic E-state index is 0.138. The van der Waals surface area contributed by atoms with Gasteiger partial charge in [0.05, 0.1) is 0 Å². The fraction of sp³-hybridized carbons (Fsp3) is 0.167. The summed E-state index contributed by atoms with van der Waals surface area (Å²) in [7, 11) is 0. The number of ketones is 2. The lowest BCUT2D eigenvalue weighted by molar-refractivity contribution is 0.0314. The first kappa shape index (κ1) is 15.7. The van der Waals surface area contributed by atoms with Crippen LogP contribution in [0.25, 0.3) is 10.9 Å². The van der Waals surface area contributed by atoms with E-state index in [0.717, 1.165) is 10.9 Å². The van der Waals surface area contributed by atoms with Crippen molar-refractivity contribution < 1.29 is 19.1 Å². The molecule has 0 amide bonds. The fourth-order valence-corrected chi connectivity index (χ4v) is 2.49. The average Bonchev–Trinajstić information content (AvgIpc) is 3.21. The third-order valence-electron chi connectivity index (χ3n) is 3.82. The van der Waals surface area contributed by atoms with Gasteiger partial charge < -0.3 is 14.7 Å². The highest BCUT2D eigenvalue weighted by Crippen LogP contribution is 2.20. The molecule has 0 fully saturated rings. The van der Waals surface area contributed by atoms with Crippen LogP contribution in [-0.2, 0) is 4.74 Å². The van der Waals surface area contributed by atoms with Crippen LogP contribution >= 0.6 is 0 Å². The minimum Gasteiger partial charge on any atom is -0.450 e. The highest BCUT2D eigenvalue weighted by atomic mass is 16.5. The van der Waals surface area contributed by atoms with Crippen LogP contribution in [0.5, 0.6) is 0 Å². The minimum atomic E-state index is -0.944. The number of esters is 1. The van der Waals surface area contributed by atoms with Crippen LogP contribution in [0.2, 0.25) is 0 Å². The van der Waals surface area contributed by atoms with Gasteiger partial charge in [0.1, 0.15) is 5.69 Å². The lowest BCUT2D eigenvalue weighted by Gasteiger charge is -2.11. The molecule has 0 aliphatic rings. The van der Waals surface area contributed by atoms with Crippen LogP contribution in [-0.4, -0.2) is 33.6 Å². The number of para-hydroxylation sites is 1. The van der Waals surface area contributed by atoms with E-state index in [1.54, 1.807) is 6.20 Å². The number of hydrogen-bond donors (Lipinski definition) is 2. The number of fused-ring (bicyclic) bond motifs is 1. The number of aromatic nitrogens is 2. The van der Waals surface area contributed by atoms with Crippen LogP contribution in [0.4, 0.5) is 0 Å². The van der Waals surface area contributed by atoms with Crippen molar-refractivity contribution in [2.45, 2.75) is 20.0 Å². The predicted molar refractivity (Wildman–Crippen MR) is 88.3 cm³/mol. The molecule has 24 heavy (non-hydrogen) atoms. The number of H-pyrrole nitrogens is 2. The Bertz CT molecular complexity index is 935. The topological polar surface area (TPSA) is 92.0 Å². The summed E-state index contributed by atoms with van der Waals surface area (Å²) in [6, 6.07) is 8.82. The maximum absolute atomic E-state index is 12.5. The molecule has 1 atom stereocenters. The monoisotopic (exact) mass is 324 g/mol. The number of ether oxygens (including phenoxy) is 1. The summed E-state index contributed by atoms with van der Waals surface area (Å²) in [6.07, 6.45) is 2.10. The molecule has 2 heterocycles. The SMILES string of the molecule is CC(=O)c1c[nH]c(C(=O)O[C@@H](C)C(=O)c2c[nH]c3ccccc23)c1. The second kappa shape index (κ2) is 6.16. The first-order valence-corrected chi connectivity index (χ1v) is 7.48. The average molecular weight is 324 g/mol. The summed E-state index contributed by atoms with van der Waals surface area (Å²) in [6.45, 7) is 2.93. The molecule has 122 valence electrons. The molecular formula is C18H16N2O4. The first-order valence-electron chi connectivity index (χ1n) is 7.48. The van der Waals surface area contributed by atoms with Gasteiger partial charge in [-0.2, -0.15) is 0 Å². The molecule has 0 radical (unpaired) electrons. The largest absolute Gasteiger partial charge is 0.450 e. The van der Waals surface area contributed by atoms with Gasteiger partial charge in [0, 0.05) is 34.4 Å². The van der Waals surface area contributed by atoms with E-state index >= 15 is 0 Å². The van der Waals surface area contributed by atoms with Gasteiger partial charge >= 0.3 is 5.97 Å². The summed E-state index contributed by atoms with van der Waals surface area (Å²) in [5, 5.41) is 0.782. The Hall–Kier alpha value is -3.15. The van der Waals surface area contributed by atoms with Gasteiger partial charge in [0.15, 0.2) is 11.9 Å². The third kappa shape index (κ3) is 2.86. The second-order valence-corrected chi connectivity index (χ2v) is 5.52. The highest BCUT2D eigenvalue weighted by Gasteiger charge is 2.23. The quantitative estimate of drug-likeness (QED) is 0.557. The highest BCUT2D eigenvalue weighted by molar-refractivity contribution is 6.10. The van der Waals surface area contributed by atoms with Crippen molar-refractivity contribution >= 4 is 28.4 Å². The summed E-state index contributed by atoms with van der Waals surface area (Å²) in [5.41, 5.74) is 1.84. The van der Waals surface area contributed by atoms with Crippen molar-refractivity contribution in [3.05, 3.63) is 59.5 Å². The fourth-order valence-electron chi connectivity index (χ4n) is 2.49. The molecule has 1 aromatic carbocycles. The van der Waals surface area contributed by atoms with Crippen molar-refractivity contribution in [3.8, 4) is 0 Å². The molecule has 0 bridgehead atoms. The Kier molecular flexibility index (Phi) is 4.04. The van der Waals surface area contributed by atoms with E-state index in [-0.39, 0.29) is 17.3 Å². The van der Waals surface area contributed by atoms with Crippen molar-refractivity contribution in [2.75, 3.05) is 0 Å². The maximum atomic E-state index is 12.5. The molecule has 2 aromatic heterocycles. The Morgan fingerprint density at radius 3 is 2.54 bits per heavy atom. The number of rotatable bonds is 5. The van der Waals surface area contributed by atoms with Crippen LogP contribution in [0.1, 0.15) is 45.1 Å². The zero-order chi connectivity index (χ0) is 17.3. The lowest BCUT2D eigenvalue weighted by Crippen LogP contribution is -2.24. The molecule has 0 aliphatic carbocycles. The van der Waals surface area contributed by atoms with Crippen molar-refractivity contribution in [2.24, 2.45) is 0 Å². The van der Waals surface area contributed by atoms with E-state index in [0.29, 0.717) is 11.1 Å². The van der Waals surface area contributed by atoms with Gasteiger partial charge in [-0.1, -0.05) is 18.2 Å². The smallest absolute Gasteiger partial charge is 0.355 e. The first-order chi connectivity index (χ1) is 11.5. The zero-order valence-electron chi connectivity index (χ0n) is 13.3. The van der Waals surface area contributed by atoms with E-state index in [1.165, 1.54) is 26.1 Å². The number of benzene rings is 1. The number of carbonyl (C=O) groups is 3. The molecule has 0 unspecified atom stereocenters. The maximum Gasteiger partial charge on any atom is 0.355 e. The van der Waals surface area contributed by atoms with Gasteiger partial charge in [-0.3, -0.25) is 9.59 Å². The molecule has 0 saturated heterocycles. The number of aromatic amines is 2. The standard InChI is InChI=1S/C18H16N2O4/c1-10(21)12-7-16(19-8-12)18(23)24-11(2)17(22)14-9-20-15-6-4-3-5-13(14)15/h3-9,11,19-20H,1-2H3/t11-/m0/s1. The summed E-state index contributed by atoms with van der Waals surface area (Å²) < 4.78 is 5.22. The molecule has 0 spiro atoms. The summed E-state index contributed by atoms with van der Waals surface area (Å²) in [5.74, 6) is -1.13. The van der Waals surface area contributed by atoms with E-state index in [1.807, 2.05) is 24.3 Å². The van der Waals surface area contributed by atoms with Gasteiger partial charge in [0.2, 0.25) is 5.78 Å².